The second-order valence-corrected chi connectivity index (χ2v) is 4.34. The number of rotatable bonds is 2. The van der Waals surface area contributed by atoms with E-state index >= 15 is 0 Å². The Kier molecular flexibility index (Phi) is 2.24. The molecule has 0 unspecified atom stereocenters. The second-order valence-electron chi connectivity index (χ2n) is 2.44. The summed E-state index contributed by atoms with van der Waals surface area (Å²) in [5.74, 6) is 0.646. The van der Waals surface area contributed by atoms with Crippen molar-refractivity contribution in [1.29, 1.82) is 0 Å². The number of anilines is 1. The molecular formula is C7H8N4S2. The van der Waals surface area contributed by atoms with Gasteiger partial charge in [0.15, 0.2) is 10.1 Å². The lowest BCUT2D eigenvalue weighted by atomic mass is 10.4. The predicted octanol–water partition coefficient (Wildman–Crippen LogP) is 1.81. The number of hydrogen-bond acceptors (Lipinski definition) is 6. The summed E-state index contributed by atoms with van der Waals surface area (Å²) in [5, 5.41) is 1.34. The van der Waals surface area contributed by atoms with Gasteiger partial charge in [-0.1, -0.05) is 6.92 Å². The average Bonchev–Trinajstić information content (AvgIpc) is 2.71. The molecule has 0 atom stereocenters. The molecule has 2 N–H and O–H groups in total. The third kappa shape index (κ3) is 1.68. The Morgan fingerprint density at radius 1 is 1.54 bits per heavy atom. The Morgan fingerprint density at radius 3 is 2.92 bits per heavy atom. The fraction of sp³-hybridized carbons (Fsp3) is 0.286. The molecule has 0 saturated carbocycles. The summed E-state index contributed by atoms with van der Waals surface area (Å²) in [7, 11) is 0. The van der Waals surface area contributed by atoms with Crippen LogP contribution in [-0.2, 0) is 6.42 Å². The molecule has 2 heterocycles. The lowest BCUT2D eigenvalue weighted by Crippen LogP contribution is -1.82. The van der Waals surface area contributed by atoms with Crippen LogP contribution in [0.2, 0.25) is 0 Å². The molecule has 0 amide bonds. The quantitative estimate of drug-likeness (QED) is 0.824. The number of nitrogen functional groups attached to an aromatic ring is 1. The molecular weight excluding hydrogens is 204 g/mol. The van der Waals surface area contributed by atoms with Gasteiger partial charge in [0.1, 0.15) is 0 Å². The minimum atomic E-state index is 0.489. The van der Waals surface area contributed by atoms with Gasteiger partial charge in [-0.2, -0.15) is 9.36 Å². The number of hydrogen-bond donors (Lipinski definition) is 1. The monoisotopic (exact) mass is 212 g/mol. The summed E-state index contributed by atoms with van der Waals surface area (Å²) in [4.78, 5) is 9.52. The fourth-order valence-electron chi connectivity index (χ4n) is 0.896. The summed E-state index contributed by atoms with van der Waals surface area (Å²) >= 11 is 2.81. The van der Waals surface area contributed by atoms with Crippen LogP contribution in [0, 0.1) is 0 Å². The lowest BCUT2D eigenvalue weighted by molar-refractivity contribution is 1.17. The maximum absolute atomic E-state index is 5.48. The Labute approximate surface area is 83.6 Å². The molecule has 6 heteroatoms. The molecule has 0 radical (unpaired) electrons. The largest absolute Gasteiger partial charge is 0.374 e. The van der Waals surface area contributed by atoms with Crippen LogP contribution in [0.25, 0.3) is 10.8 Å². The minimum absolute atomic E-state index is 0.489. The minimum Gasteiger partial charge on any atom is -0.374 e. The van der Waals surface area contributed by atoms with Crippen LogP contribution in [0.1, 0.15) is 11.8 Å². The molecule has 0 aliphatic carbocycles. The van der Waals surface area contributed by atoms with E-state index in [1.165, 1.54) is 16.4 Å². The van der Waals surface area contributed by atoms with Crippen LogP contribution >= 0.6 is 22.9 Å². The molecule has 4 nitrogen and oxygen atoms in total. The normalized spacial score (nSPS) is 10.5. The van der Waals surface area contributed by atoms with Crippen LogP contribution in [0.5, 0.6) is 0 Å². The van der Waals surface area contributed by atoms with Gasteiger partial charge in [-0.05, 0) is 6.42 Å². The van der Waals surface area contributed by atoms with Crippen molar-refractivity contribution in [2.45, 2.75) is 13.3 Å². The highest BCUT2D eigenvalue weighted by molar-refractivity contribution is 7.15. The van der Waals surface area contributed by atoms with E-state index in [1.54, 1.807) is 11.3 Å². The van der Waals surface area contributed by atoms with Gasteiger partial charge < -0.3 is 5.73 Å². The molecule has 0 spiro atoms. The summed E-state index contributed by atoms with van der Waals surface area (Å²) in [6, 6.07) is 0. The summed E-state index contributed by atoms with van der Waals surface area (Å²) in [6.07, 6.45) is 2.86. The average molecular weight is 212 g/mol. The number of aryl methyl sites for hydroxylation is 1. The first-order valence-corrected chi connectivity index (χ1v) is 5.43. The summed E-state index contributed by atoms with van der Waals surface area (Å²) in [5.41, 5.74) is 5.48. The highest BCUT2D eigenvalue weighted by Crippen LogP contribution is 2.24. The Morgan fingerprint density at radius 2 is 2.38 bits per heavy atom. The molecule has 0 saturated heterocycles. The molecule has 68 valence electrons. The van der Waals surface area contributed by atoms with E-state index < -0.39 is 0 Å². The number of thiazole rings is 1. The van der Waals surface area contributed by atoms with Crippen molar-refractivity contribution in [3.05, 3.63) is 11.1 Å². The molecule has 0 aliphatic heterocycles. The zero-order valence-electron chi connectivity index (χ0n) is 7.02. The van der Waals surface area contributed by atoms with Gasteiger partial charge in [-0.15, -0.1) is 11.3 Å². The SMILES string of the molecule is CCc1cnc(-c2nsc(N)n2)s1. The molecule has 2 rings (SSSR count). The Hall–Kier alpha value is -1.01. The maximum atomic E-state index is 5.48. The second kappa shape index (κ2) is 3.39. The van der Waals surface area contributed by atoms with Gasteiger partial charge in [0.05, 0.1) is 0 Å². The van der Waals surface area contributed by atoms with Gasteiger partial charge in [-0.3, -0.25) is 0 Å². The third-order valence-corrected chi connectivity index (χ3v) is 3.22. The van der Waals surface area contributed by atoms with E-state index in [4.69, 9.17) is 5.73 Å². The van der Waals surface area contributed by atoms with Crippen molar-refractivity contribution >= 4 is 28.0 Å². The van der Waals surface area contributed by atoms with Gasteiger partial charge in [0, 0.05) is 22.6 Å². The number of aromatic nitrogens is 3. The highest BCUT2D eigenvalue weighted by atomic mass is 32.1. The van der Waals surface area contributed by atoms with Crippen molar-refractivity contribution in [3.63, 3.8) is 0 Å². The van der Waals surface area contributed by atoms with E-state index in [9.17, 15) is 0 Å². The van der Waals surface area contributed by atoms with E-state index in [-0.39, 0.29) is 0 Å². The molecule has 0 bridgehead atoms. The Bertz CT molecular complexity index is 406. The van der Waals surface area contributed by atoms with Crippen LogP contribution < -0.4 is 5.73 Å². The maximum Gasteiger partial charge on any atom is 0.203 e. The van der Waals surface area contributed by atoms with Crippen molar-refractivity contribution in [1.82, 2.24) is 14.3 Å². The molecule has 13 heavy (non-hydrogen) atoms. The first kappa shape index (κ1) is 8.58. The van der Waals surface area contributed by atoms with Crippen molar-refractivity contribution < 1.29 is 0 Å². The molecule has 0 aliphatic rings. The van der Waals surface area contributed by atoms with Crippen LogP contribution in [0.15, 0.2) is 6.20 Å². The van der Waals surface area contributed by atoms with Crippen LogP contribution in [0.3, 0.4) is 0 Å². The molecule has 0 fully saturated rings. The first-order chi connectivity index (χ1) is 6.29. The lowest BCUT2D eigenvalue weighted by Gasteiger charge is -1.83. The third-order valence-electron chi connectivity index (χ3n) is 1.54. The first-order valence-electron chi connectivity index (χ1n) is 3.84. The van der Waals surface area contributed by atoms with Gasteiger partial charge in [-0.25, -0.2) is 4.98 Å². The zero-order chi connectivity index (χ0) is 9.26. The van der Waals surface area contributed by atoms with Gasteiger partial charge >= 0.3 is 0 Å². The molecule has 0 aromatic carbocycles. The summed E-state index contributed by atoms with van der Waals surface area (Å²) in [6.45, 7) is 2.10. The predicted molar refractivity (Wildman–Crippen MR) is 54.8 cm³/mol. The van der Waals surface area contributed by atoms with E-state index in [1.807, 2.05) is 6.20 Å². The van der Waals surface area contributed by atoms with Crippen molar-refractivity contribution in [3.8, 4) is 10.8 Å². The standard InChI is InChI=1S/C7H8N4S2/c1-2-4-3-9-6(12-4)5-10-7(8)13-11-5/h3H,2H2,1H3,(H2,8,10,11). The molecule has 2 aromatic rings. The topological polar surface area (TPSA) is 64.7 Å². The number of nitrogens with zero attached hydrogens (tertiary/aromatic N) is 3. The van der Waals surface area contributed by atoms with E-state index in [2.05, 4.69) is 21.3 Å². The van der Waals surface area contributed by atoms with Gasteiger partial charge in [0.2, 0.25) is 5.82 Å². The highest BCUT2D eigenvalue weighted by Gasteiger charge is 2.08. The van der Waals surface area contributed by atoms with Crippen molar-refractivity contribution in [2.75, 3.05) is 5.73 Å². The van der Waals surface area contributed by atoms with Gasteiger partial charge in [0.25, 0.3) is 0 Å². The summed E-state index contributed by atoms with van der Waals surface area (Å²) < 4.78 is 4.09. The van der Waals surface area contributed by atoms with E-state index in [0.29, 0.717) is 11.0 Å². The van der Waals surface area contributed by atoms with Crippen molar-refractivity contribution in [2.24, 2.45) is 0 Å². The fourth-order valence-corrected chi connectivity index (χ4v) is 2.17. The van der Waals surface area contributed by atoms with E-state index in [0.717, 1.165) is 11.4 Å². The van der Waals surface area contributed by atoms with Crippen LogP contribution in [0.4, 0.5) is 5.13 Å². The molecule has 2 aromatic heterocycles. The van der Waals surface area contributed by atoms with Crippen LogP contribution in [-0.4, -0.2) is 14.3 Å². The number of nitrogens with two attached hydrogens (primary N) is 1. The Balaban J connectivity index is 2.35. The smallest absolute Gasteiger partial charge is 0.203 e. The zero-order valence-corrected chi connectivity index (χ0v) is 8.65.